The molecule has 0 saturated heterocycles. The van der Waals surface area contributed by atoms with Gasteiger partial charge in [-0.05, 0) is 10.8 Å². The van der Waals surface area contributed by atoms with Crippen LogP contribution in [0.2, 0.25) is 10.0 Å². The summed E-state index contributed by atoms with van der Waals surface area (Å²) in [6, 6.07) is 7.64. The lowest BCUT2D eigenvalue weighted by molar-refractivity contribution is 0.0880. The molecule has 5 heteroatoms. The summed E-state index contributed by atoms with van der Waals surface area (Å²) in [7, 11) is 0. The Morgan fingerprint density at radius 2 is 1.26 bits per heavy atom. The summed E-state index contributed by atoms with van der Waals surface area (Å²) in [5, 5.41) is 5.92. The average molecular weight is 290 g/mol. The van der Waals surface area contributed by atoms with Crippen molar-refractivity contribution in [2.75, 3.05) is 0 Å². The van der Waals surface area contributed by atoms with Crippen LogP contribution in [0.3, 0.4) is 0 Å². The van der Waals surface area contributed by atoms with Gasteiger partial charge in [0, 0.05) is 10.8 Å². The highest BCUT2D eigenvalue weighted by atomic mass is 35.5. The van der Waals surface area contributed by atoms with E-state index in [4.69, 9.17) is 23.2 Å². The monoisotopic (exact) mass is 289 g/mol. The Hall–Kier alpha value is -1.84. The molecule has 2 amide bonds. The summed E-state index contributed by atoms with van der Waals surface area (Å²) in [5.41, 5.74) is 0.508. The van der Waals surface area contributed by atoms with Gasteiger partial charge in [0.2, 0.25) is 0 Å². The van der Waals surface area contributed by atoms with Crippen LogP contribution >= 0.6 is 23.2 Å². The summed E-state index contributed by atoms with van der Waals surface area (Å²) in [6.07, 6.45) is 0. The molecule has 5 rings (SSSR count). The number of hydrogen-bond donors (Lipinski definition) is 1. The van der Waals surface area contributed by atoms with E-state index < -0.39 is 11.8 Å². The van der Waals surface area contributed by atoms with E-state index in [0.717, 1.165) is 16.2 Å². The van der Waals surface area contributed by atoms with Crippen LogP contribution in [0.15, 0.2) is 24.3 Å². The van der Waals surface area contributed by atoms with Crippen molar-refractivity contribution in [1.82, 2.24) is 5.32 Å². The lowest BCUT2D eigenvalue weighted by Crippen LogP contribution is -2.20. The fourth-order valence-electron chi connectivity index (χ4n) is 2.72. The van der Waals surface area contributed by atoms with E-state index in [-0.39, 0.29) is 10.6 Å². The van der Waals surface area contributed by atoms with E-state index >= 15 is 0 Å². The van der Waals surface area contributed by atoms with Crippen molar-refractivity contribution in [1.29, 1.82) is 0 Å². The highest BCUT2D eigenvalue weighted by Gasteiger charge is 2.34. The fraction of sp³-hybridized carbons (Fsp3) is 0. The molecule has 1 heterocycles. The first-order valence-electron chi connectivity index (χ1n) is 5.61. The van der Waals surface area contributed by atoms with Gasteiger partial charge in [-0.25, -0.2) is 0 Å². The molecule has 1 aliphatic rings. The predicted octanol–water partition coefficient (Wildman–Crippen LogP) is 3.62. The topological polar surface area (TPSA) is 46.2 Å². The summed E-state index contributed by atoms with van der Waals surface area (Å²) in [4.78, 5) is 23.8. The molecule has 0 radical (unpaired) electrons. The van der Waals surface area contributed by atoms with Crippen LogP contribution < -0.4 is 5.32 Å². The molecule has 92 valence electrons. The molecule has 0 aromatic heterocycles. The molecular weight excluding hydrogens is 285 g/mol. The van der Waals surface area contributed by atoms with Gasteiger partial charge in [-0.15, -0.1) is 0 Å². The van der Waals surface area contributed by atoms with Gasteiger partial charge in [0.1, 0.15) is 0 Å². The predicted molar refractivity (Wildman–Crippen MR) is 74.5 cm³/mol. The van der Waals surface area contributed by atoms with Crippen molar-refractivity contribution in [3.05, 3.63) is 45.4 Å². The molecule has 0 spiro atoms. The quantitative estimate of drug-likeness (QED) is 0.643. The number of amides is 2. The second-order valence-electron chi connectivity index (χ2n) is 4.49. The van der Waals surface area contributed by atoms with Gasteiger partial charge in [0.05, 0.1) is 21.2 Å². The molecule has 3 nitrogen and oxygen atoms in total. The number of halogens is 2. The molecule has 0 fully saturated rings. The standard InChI is InChI=1S/C14H5Cl2NO2/c15-11-8-6-3-1-5(2-4-6)7(8)9-10(12(11)16)14(19)17-13(9)18/h1-4H,(H,17,18,19). The maximum absolute atomic E-state index is 12.0. The number of hydrogen-bond acceptors (Lipinski definition) is 2. The molecule has 19 heavy (non-hydrogen) atoms. The number of benzene rings is 4. The van der Waals surface area contributed by atoms with Gasteiger partial charge in [0.15, 0.2) is 0 Å². The van der Waals surface area contributed by atoms with E-state index in [9.17, 15) is 9.59 Å². The van der Waals surface area contributed by atoms with Crippen molar-refractivity contribution < 1.29 is 9.59 Å². The number of carbonyl (C=O) groups is 2. The smallest absolute Gasteiger partial charge is 0.260 e. The Balaban J connectivity index is 2.40. The van der Waals surface area contributed by atoms with E-state index in [0.29, 0.717) is 16.0 Å². The van der Waals surface area contributed by atoms with Crippen LogP contribution in [0.5, 0.6) is 0 Å². The van der Waals surface area contributed by atoms with Crippen molar-refractivity contribution in [3.63, 3.8) is 0 Å². The zero-order valence-corrected chi connectivity index (χ0v) is 10.9. The molecule has 0 aliphatic carbocycles. The number of nitrogens with one attached hydrogen (secondary N) is 1. The minimum absolute atomic E-state index is 0.140. The summed E-state index contributed by atoms with van der Waals surface area (Å²) >= 11 is 12.4. The number of carbonyl (C=O) groups excluding carboxylic acids is 2. The maximum atomic E-state index is 12.0. The van der Waals surface area contributed by atoms with Crippen LogP contribution in [-0.2, 0) is 0 Å². The molecule has 0 unspecified atom stereocenters. The second kappa shape index (κ2) is 3.38. The number of imide groups is 1. The highest BCUT2D eigenvalue weighted by molar-refractivity contribution is 6.51. The minimum Gasteiger partial charge on any atom is -0.288 e. The normalized spacial score (nSPS) is 14.4. The minimum atomic E-state index is -0.491. The van der Waals surface area contributed by atoms with Crippen molar-refractivity contribution in [2.24, 2.45) is 0 Å². The Labute approximate surface area is 117 Å². The average Bonchev–Trinajstić information content (AvgIpc) is 2.71. The van der Waals surface area contributed by atoms with Crippen molar-refractivity contribution >= 4 is 56.6 Å². The third-order valence-electron chi connectivity index (χ3n) is 3.53. The third kappa shape index (κ3) is 1.19. The Morgan fingerprint density at radius 1 is 0.737 bits per heavy atom. The molecular formula is C14H5Cl2NO2. The van der Waals surface area contributed by atoms with Gasteiger partial charge in [0.25, 0.3) is 11.8 Å². The zero-order chi connectivity index (χ0) is 13.3. The summed E-state index contributed by atoms with van der Waals surface area (Å²) in [5.74, 6) is -0.910. The lowest BCUT2D eigenvalue weighted by Gasteiger charge is -2.13. The highest BCUT2D eigenvalue weighted by Crippen LogP contribution is 2.43. The second-order valence-corrected chi connectivity index (χ2v) is 5.24. The van der Waals surface area contributed by atoms with E-state index in [1.165, 1.54) is 0 Å². The van der Waals surface area contributed by atoms with Gasteiger partial charge in [-0.1, -0.05) is 47.5 Å². The first-order chi connectivity index (χ1) is 9.09. The van der Waals surface area contributed by atoms with E-state index in [1.807, 2.05) is 24.3 Å². The zero-order valence-electron chi connectivity index (χ0n) is 9.38. The largest absolute Gasteiger partial charge is 0.288 e. The van der Waals surface area contributed by atoms with Gasteiger partial charge >= 0.3 is 0 Å². The Kier molecular flexibility index (Phi) is 1.96. The van der Waals surface area contributed by atoms with Crippen LogP contribution in [0.4, 0.5) is 0 Å². The molecule has 1 aliphatic heterocycles. The third-order valence-corrected chi connectivity index (χ3v) is 4.38. The molecule has 2 bridgehead atoms. The summed E-state index contributed by atoms with van der Waals surface area (Å²) in [6.45, 7) is 0. The Morgan fingerprint density at radius 3 is 1.89 bits per heavy atom. The Bertz CT molecular complexity index is 881. The van der Waals surface area contributed by atoms with Crippen LogP contribution in [0.25, 0.3) is 21.5 Å². The fourth-order valence-corrected chi connectivity index (χ4v) is 3.29. The van der Waals surface area contributed by atoms with E-state index in [1.54, 1.807) is 0 Å². The molecule has 4 aromatic rings. The van der Waals surface area contributed by atoms with Crippen molar-refractivity contribution in [2.45, 2.75) is 0 Å². The molecule has 0 atom stereocenters. The van der Waals surface area contributed by atoms with E-state index in [2.05, 4.69) is 5.32 Å². The van der Waals surface area contributed by atoms with Gasteiger partial charge in [-0.2, -0.15) is 0 Å². The van der Waals surface area contributed by atoms with Crippen LogP contribution in [-0.4, -0.2) is 11.8 Å². The first-order valence-corrected chi connectivity index (χ1v) is 6.36. The van der Waals surface area contributed by atoms with Crippen LogP contribution in [0.1, 0.15) is 20.7 Å². The molecule has 0 saturated carbocycles. The molecule has 4 aromatic carbocycles. The van der Waals surface area contributed by atoms with Crippen molar-refractivity contribution in [3.8, 4) is 0 Å². The SMILES string of the molecule is O=C1NC(=O)c2c1c(Cl)c(Cl)c1c3ccc(cc3)c21. The first kappa shape index (κ1) is 11.0. The maximum Gasteiger partial charge on any atom is 0.260 e. The molecule has 1 N–H and O–H groups in total. The number of rotatable bonds is 0. The van der Waals surface area contributed by atoms with Crippen LogP contribution in [0, 0.1) is 0 Å². The summed E-state index contributed by atoms with van der Waals surface area (Å²) < 4.78 is 0. The number of fused-ring (bicyclic) bond motifs is 3. The van der Waals surface area contributed by atoms with Gasteiger partial charge < -0.3 is 0 Å². The lowest BCUT2D eigenvalue weighted by atomic mass is 9.93. The van der Waals surface area contributed by atoms with Gasteiger partial charge in [-0.3, -0.25) is 14.9 Å².